The molecular formula is C8H13N. The summed E-state index contributed by atoms with van der Waals surface area (Å²) in [6.45, 7) is 2.35. The van der Waals surface area contributed by atoms with Gasteiger partial charge in [-0.25, -0.2) is 0 Å². The van der Waals surface area contributed by atoms with Crippen LogP contribution in [0.1, 0.15) is 12.8 Å². The zero-order valence-electron chi connectivity index (χ0n) is 5.93. The van der Waals surface area contributed by atoms with Crippen molar-refractivity contribution in [3.8, 4) is 12.3 Å². The molecule has 1 aliphatic heterocycles. The highest BCUT2D eigenvalue weighted by molar-refractivity contribution is 4.94. The van der Waals surface area contributed by atoms with E-state index < -0.39 is 0 Å². The van der Waals surface area contributed by atoms with Crippen LogP contribution in [-0.2, 0) is 0 Å². The van der Waals surface area contributed by atoms with Gasteiger partial charge in [0.05, 0.1) is 0 Å². The number of rotatable bonds is 0. The quantitative estimate of drug-likeness (QED) is 0.434. The van der Waals surface area contributed by atoms with E-state index in [2.05, 4.69) is 17.9 Å². The number of piperidine rings is 1. The van der Waals surface area contributed by atoms with Gasteiger partial charge in [-0.05, 0) is 33.0 Å². The van der Waals surface area contributed by atoms with Crippen LogP contribution < -0.4 is 0 Å². The third-order valence-corrected chi connectivity index (χ3v) is 1.95. The SMILES string of the molecule is C#CC1CCN(C)CC1. The van der Waals surface area contributed by atoms with Gasteiger partial charge in [-0.3, -0.25) is 0 Å². The zero-order valence-corrected chi connectivity index (χ0v) is 5.93. The molecular weight excluding hydrogens is 110 g/mol. The van der Waals surface area contributed by atoms with E-state index in [9.17, 15) is 0 Å². The molecule has 0 aliphatic carbocycles. The monoisotopic (exact) mass is 123 g/mol. The van der Waals surface area contributed by atoms with Gasteiger partial charge < -0.3 is 4.90 Å². The lowest BCUT2D eigenvalue weighted by molar-refractivity contribution is 0.248. The van der Waals surface area contributed by atoms with Crippen molar-refractivity contribution >= 4 is 0 Å². The third-order valence-electron chi connectivity index (χ3n) is 1.95. The Morgan fingerprint density at radius 3 is 2.44 bits per heavy atom. The first kappa shape index (κ1) is 6.64. The minimum absolute atomic E-state index is 0.557. The molecule has 0 N–H and O–H groups in total. The third kappa shape index (κ3) is 1.73. The number of nitrogens with zero attached hydrogens (tertiary/aromatic N) is 1. The first-order chi connectivity index (χ1) is 4.33. The first-order valence-electron chi connectivity index (χ1n) is 3.47. The largest absolute Gasteiger partial charge is 0.306 e. The fraction of sp³-hybridized carbons (Fsp3) is 0.750. The van der Waals surface area contributed by atoms with Crippen molar-refractivity contribution in [3.05, 3.63) is 0 Å². The summed E-state index contributed by atoms with van der Waals surface area (Å²) in [5, 5.41) is 0. The Hall–Kier alpha value is -0.480. The average Bonchev–Trinajstić information content (AvgIpc) is 1.90. The van der Waals surface area contributed by atoms with Crippen molar-refractivity contribution in [1.82, 2.24) is 4.90 Å². The van der Waals surface area contributed by atoms with Crippen molar-refractivity contribution in [1.29, 1.82) is 0 Å². The van der Waals surface area contributed by atoms with E-state index in [1.54, 1.807) is 0 Å². The van der Waals surface area contributed by atoms with E-state index in [-0.39, 0.29) is 0 Å². The van der Waals surface area contributed by atoms with Crippen LogP contribution in [0.3, 0.4) is 0 Å². The van der Waals surface area contributed by atoms with Crippen molar-refractivity contribution in [2.24, 2.45) is 5.92 Å². The van der Waals surface area contributed by atoms with Crippen LogP contribution in [-0.4, -0.2) is 25.0 Å². The van der Waals surface area contributed by atoms with Crippen LogP contribution in [0.25, 0.3) is 0 Å². The lowest BCUT2D eigenvalue weighted by Gasteiger charge is -2.25. The summed E-state index contributed by atoms with van der Waals surface area (Å²) < 4.78 is 0. The second-order valence-corrected chi connectivity index (χ2v) is 2.74. The fourth-order valence-corrected chi connectivity index (χ4v) is 1.18. The summed E-state index contributed by atoms with van der Waals surface area (Å²) in [5.74, 6) is 3.35. The Labute approximate surface area is 57.0 Å². The minimum atomic E-state index is 0.557. The zero-order chi connectivity index (χ0) is 6.69. The molecule has 1 heterocycles. The van der Waals surface area contributed by atoms with Gasteiger partial charge in [-0.15, -0.1) is 12.3 Å². The number of terminal acetylenes is 1. The van der Waals surface area contributed by atoms with Crippen molar-refractivity contribution in [2.45, 2.75) is 12.8 Å². The highest BCUT2D eigenvalue weighted by Crippen LogP contribution is 2.13. The number of likely N-dealkylation sites (tertiary alicyclic amines) is 1. The summed E-state index contributed by atoms with van der Waals surface area (Å²) in [4.78, 5) is 2.33. The number of hydrogen-bond donors (Lipinski definition) is 0. The molecule has 1 rings (SSSR count). The summed E-state index contributed by atoms with van der Waals surface area (Å²) in [6, 6.07) is 0. The lowest BCUT2D eigenvalue weighted by atomic mass is 9.99. The van der Waals surface area contributed by atoms with E-state index >= 15 is 0 Å². The van der Waals surface area contributed by atoms with Gasteiger partial charge in [0.25, 0.3) is 0 Å². The van der Waals surface area contributed by atoms with Crippen LogP contribution in [0, 0.1) is 18.3 Å². The Kier molecular flexibility index (Phi) is 2.13. The molecule has 0 saturated carbocycles. The Morgan fingerprint density at radius 2 is 2.00 bits per heavy atom. The normalized spacial score (nSPS) is 23.6. The van der Waals surface area contributed by atoms with E-state index in [1.165, 1.54) is 25.9 Å². The number of hydrogen-bond acceptors (Lipinski definition) is 1. The molecule has 9 heavy (non-hydrogen) atoms. The summed E-state index contributed by atoms with van der Waals surface area (Å²) in [5.41, 5.74) is 0. The van der Waals surface area contributed by atoms with Crippen molar-refractivity contribution in [3.63, 3.8) is 0 Å². The molecule has 0 atom stereocenters. The molecule has 0 amide bonds. The maximum atomic E-state index is 5.28. The molecule has 0 aromatic heterocycles. The predicted octanol–water partition coefficient (Wildman–Crippen LogP) is 0.961. The van der Waals surface area contributed by atoms with Crippen LogP contribution in [0.2, 0.25) is 0 Å². The Bertz CT molecular complexity index is 115. The summed E-state index contributed by atoms with van der Waals surface area (Å²) >= 11 is 0. The molecule has 0 unspecified atom stereocenters. The molecule has 0 aromatic carbocycles. The maximum absolute atomic E-state index is 5.28. The van der Waals surface area contributed by atoms with Gasteiger partial charge in [0, 0.05) is 5.92 Å². The van der Waals surface area contributed by atoms with Gasteiger partial charge in [0.2, 0.25) is 0 Å². The molecule has 1 aliphatic rings. The van der Waals surface area contributed by atoms with E-state index in [0.29, 0.717) is 5.92 Å². The summed E-state index contributed by atoms with van der Waals surface area (Å²) in [7, 11) is 2.15. The van der Waals surface area contributed by atoms with E-state index in [1.807, 2.05) is 0 Å². The lowest BCUT2D eigenvalue weighted by Crippen LogP contribution is -2.29. The van der Waals surface area contributed by atoms with Crippen molar-refractivity contribution < 1.29 is 0 Å². The van der Waals surface area contributed by atoms with Crippen LogP contribution >= 0.6 is 0 Å². The van der Waals surface area contributed by atoms with E-state index in [0.717, 1.165) is 0 Å². The average molecular weight is 123 g/mol. The standard InChI is InChI=1S/C8H13N/c1-3-8-4-6-9(2)7-5-8/h1,8H,4-7H2,2H3. The van der Waals surface area contributed by atoms with Crippen LogP contribution in [0.15, 0.2) is 0 Å². The van der Waals surface area contributed by atoms with Gasteiger partial charge in [0.15, 0.2) is 0 Å². The highest BCUT2D eigenvalue weighted by Gasteiger charge is 2.12. The molecule has 1 fully saturated rings. The second-order valence-electron chi connectivity index (χ2n) is 2.74. The van der Waals surface area contributed by atoms with Crippen molar-refractivity contribution in [2.75, 3.05) is 20.1 Å². The molecule has 1 saturated heterocycles. The van der Waals surface area contributed by atoms with E-state index in [4.69, 9.17) is 6.42 Å². The molecule has 1 heteroatoms. The molecule has 50 valence electrons. The first-order valence-corrected chi connectivity index (χ1v) is 3.47. The molecule has 0 bridgehead atoms. The topological polar surface area (TPSA) is 3.24 Å². The molecule has 0 aromatic rings. The molecule has 0 spiro atoms. The van der Waals surface area contributed by atoms with Gasteiger partial charge >= 0.3 is 0 Å². The fourth-order valence-electron chi connectivity index (χ4n) is 1.18. The molecule has 0 radical (unpaired) electrons. The minimum Gasteiger partial charge on any atom is -0.306 e. The Balaban J connectivity index is 2.28. The Morgan fingerprint density at radius 1 is 1.44 bits per heavy atom. The van der Waals surface area contributed by atoms with Gasteiger partial charge in [-0.1, -0.05) is 0 Å². The van der Waals surface area contributed by atoms with Crippen LogP contribution in [0.4, 0.5) is 0 Å². The predicted molar refractivity (Wildman–Crippen MR) is 39.1 cm³/mol. The maximum Gasteiger partial charge on any atom is 0.0224 e. The van der Waals surface area contributed by atoms with Gasteiger partial charge in [-0.2, -0.15) is 0 Å². The van der Waals surface area contributed by atoms with Crippen LogP contribution in [0.5, 0.6) is 0 Å². The second kappa shape index (κ2) is 2.89. The highest BCUT2D eigenvalue weighted by atomic mass is 15.1. The smallest absolute Gasteiger partial charge is 0.0224 e. The van der Waals surface area contributed by atoms with Gasteiger partial charge in [0.1, 0.15) is 0 Å². The molecule has 1 nitrogen and oxygen atoms in total. The summed E-state index contributed by atoms with van der Waals surface area (Å²) in [6.07, 6.45) is 7.66.